The monoisotopic (exact) mass is 318 g/mol. The van der Waals surface area contributed by atoms with E-state index in [4.69, 9.17) is 0 Å². The van der Waals surface area contributed by atoms with Gasteiger partial charge in [-0.05, 0) is 61.3 Å². The number of alkyl halides is 3. The second-order valence-corrected chi connectivity index (χ2v) is 4.41. The van der Waals surface area contributed by atoms with Crippen LogP contribution in [0.3, 0.4) is 0 Å². The molecule has 21 heavy (non-hydrogen) atoms. The number of nitrogens with one attached hydrogen (secondary N) is 1. The molecule has 0 unspecified atom stereocenters. The third-order valence-electron chi connectivity index (χ3n) is 3.05. The number of ether oxygens (including phenoxy) is 1. The van der Waals surface area contributed by atoms with Gasteiger partial charge in [-0.1, -0.05) is 0 Å². The first-order valence-electron chi connectivity index (χ1n) is 6.18. The number of hydrogen-bond acceptors (Lipinski definition) is 3. The summed E-state index contributed by atoms with van der Waals surface area (Å²) in [6.07, 6.45) is -3.14. The van der Waals surface area contributed by atoms with Crippen LogP contribution in [0, 0.1) is 11.3 Å². The highest BCUT2D eigenvalue weighted by molar-refractivity contribution is 5.85. The Morgan fingerprint density at radius 1 is 1.14 bits per heavy atom. The van der Waals surface area contributed by atoms with Crippen LogP contribution >= 0.6 is 12.4 Å². The van der Waals surface area contributed by atoms with Gasteiger partial charge in [-0.2, -0.15) is 5.26 Å². The molecule has 3 nitrogen and oxygen atoms in total. The van der Waals surface area contributed by atoms with Crippen molar-refractivity contribution in [1.82, 2.24) is 5.32 Å². The summed E-state index contributed by atoms with van der Waals surface area (Å²) in [4.78, 5) is 0. The lowest BCUT2D eigenvalue weighted by Crippen LogP contribution is -2.23. The molecule has 0 aromatic heterocycles. The van der Waals surface area contributed by atoms with Gasteiger partial charge in [0.1, 0.15) is 5.75 Å². The fraction of sp³-hybridized carbons (Fsp3) is 0.357. The predicted molar refractivity (Wildman–Crippen MR) is 75.0 cm³/mol. The molecule has 1 N–H and O–H groups in total. The number of piperidine rings is 1. The van der Waals surface area contributed by atoms with Crippen LogP contribution in [0.1, 0.15) is 18.4 Å². The van der Waals surface area contributed by atoms with Crippen LogP contribution in [-0.4, -0.2) is 19.5 Å². The SMILES string of the molecule is Cl.N#CC(=C1CCNCC1)c1ccc(OC(F)(F)F)cc1. The molecule has 0 bridgehead atoms. The van der Waals surface area contributed by atoms with Gasteiger partial charge < -0.3 is 10.1 Å². The first kappa shape index (κ1) is 17.3. The summed E-state index contributed by atoms with van der Waals surface area (Å²) in [7, 11) is 0. The highest BCUT2D eigenvalue weighted by Crippen LogP contribution is 2.27. The number of rotatable bonds is 2. The zero-order chi connectivity index (χ0) is 14.6. The van der Waals surface area contributed by atoms with E-state index in [0.29, 0.717) is 11.1 Å². The van der Waals surface area contributed by atoms with Gasteiger partial charge in [0.15, 0.2) is 0 Å². The lowest BCUT2D eigenvalue weighted by molar-refractivity contribution is -0.274. The van der Waals surface area contributed by atoms with Crippen LogP contribution in [0.4, 0.5) is 13.2 Å². The maximum atomic E-state index is 12.1. The highest BCUT2D eigenvalue weighted by atomic mass is 35.5. The molecule has 114 valence electrons. The third-order valence-corrected chi connectivity index (χ3v) is 3.05. The van der Waals surface area contributed by atoms with Crippen molar-refractivity contribution in [3.05, 3.63) is 35.4 Å². The third kappa shape index (κ3) is 4.96. The van der Waals surface area contributed by atoms with E-state index in [-0.39, 0.29) is 18.2 Å². The zero-order valence-corrected chi connectivity index (χ0v) is 11.9. The van der Waals surface area contributed by atoms with E-state index < -0.39 is 6.36 Å². The maximum Gasteiger partial charge on any atom is 0.573 e. The van der Waals surface area contributed by atoms with Crippen LogP contribution in [0.15, 0.2) is 29.8 Å². The molecule has 1 heterocycles. The molecule has 1 saturated heterocycles. The first-order chi connectivity index (χ1) is 9.49. The summed E-state index contributed by atoms with van der Waals surface area (Å²) in [5.74, 6) is -0.283. The number of halogens is 4. The number of nitriles is 1. The summed E-state index contributed by atoms with van der Waals surface area (Å²) in [5.41, 5.74) is 2.21. The fourth-order valence-electron chi connectivity index (χ4n) is 2.15. The molecule has 7 heteroatoms. The van der Waals surface area contributed by atoms with Crippen molar-refractivity contribution in [3.63, 3.8) is 0 Å². The van der Waals surface area contributed by atoms with E-state index in [1.54, 1.807) is 0 Å². The van der Waals surface area contributed by atoms with Crippen LogP contribution < -0.4 is 10.1 Å². The fourth-order valence-corrected chi connectivity index (χ4v) is 2.15. The van der Waals surface area contributed by atoms with Crippen LogP contribution in [-0.2, 0) is 0 Å². The lowest BCUT2D eigenvalue weighted by atomic mass is 9.95. The standard InChI is InChI=1S/C14H13F3N2O.ClH/c15-14(16,17)20-12-3-1-10(2-4-12)13(9-18)11-5-7-19-8-6-11;/h1-4,19H,5-8H2;1H. The van der Waals surface area contributed by atoms with E-state index in [2.05, 4.69) is 16.1 Å². The second-order valence-electron chi connectivity index (χ2n) is 4.41. The molecule has 0 saturated carbocycles. The van der Waals surface area contributed by atoms with Gasteiger partial charge in [-0.3, -0.25) is 0 Å². The molecule has 2 rings (SSSR count). The Labute approximate surface area is 126 Å². The topological polar surface area (TPSA) is 45.0 Å². The van der Waals surface area contributed by atoms with E-state index >= 15 is 0 Å². The second kappa shape index (κ2) is 7.34. The normalized spacial score (nSPS) is 14.9. The molecule has 1 aliphatic heterocycles. The average Bonchev–Trinajstić information content (AvgIpc) is 2.41. The van der Waals surface area contributed by atoms with Crippen molar-refractivity contribution >= 4 is 18.0 Å². The van der Waals surface area contributed by atoms with Crippen molar-refractivity contribution in [1.29, 1.82) is 5.26 Å². The van der Waals surface area contributed by atoms with Gasteiger partial charge in [0.25, 0.3) is 0 Å². The van der Waals surface area contributed by atoms with Crippen LogP contribution in [0.25, 0.3) is 5.57 Å². The highest BCUT2D eigenvalue weighted by Gasteiger charge is 2.31. The summed E-state index contributed by atoms with van der Waals surface area (Å²) in [5, 5.41) is 12.4. The molecule has 0 aliphatic carbocycles. The zero-order valence-electron chi connectivity index (χ0n) is 11.0. The Morgan fingerprint density at radius 2 is 1.71 bits per heavy atom. The van der Waals surface area contributed by atoms with Crippen molar-refractivity contribution in [3.8, 4) is 11.8 Å². The molecule has 0 atom stereocenters. The van der Waals surface area contributed by atoms with Gasteiger partial charge >= 0.3 is 6.36 Å². The van der Waals surface area contributed by atoms with Crippen LogP contribution in [0.5, 0.6) is 5.75 Å². The Bertz CT molecular complexity index is 539. The predicted octanol–water partition coefficient (Wildman–Crippen LogP) is 3.67. The van der Waals surface area contributed by atoms with Crippen molar-refractivity contribution in [2.75, 3.05) is 13.1 Å². The number of nitrogens with zero attached hydrogens (tertiary/aromatic N) is 1. The van der Waals surface area contributed by atoms with Crippen molar-refractivity contribution in [2.24, 2.45) is 0 Å². The molecule has 0 spiro atoms. The molecule has 0 radical (unpaired) electrons. The largest absolute Gasteiger partial charge is 0.573 e. The Balaban J connectivity index is 0.00000220. The first-order valence-corrected chi connectivity index (χ1v) is 6.18. The Morgan fingerprint density at radius 3 is 2.19 bits per heavy atom. The van der Waals surface area contributed by atoms with E-state index in [1.807, 2.05) is 0 Å². The molecule has 1 aromatic carbocycles. The molecule has 1 fully saturated rings. The molecule has 0 amide bonds. The summed E-state index contributed by atoms with van der Waals surface area (Å²) in [6, 6.07) is 7.55. The lowest BCUT2D eigenvalue weighted by Gasteiger charge is -2.17. The molecule has 1 aromatic rings. The van der Waals surface area contributed by atoms with E-state index in [1.165, 1.54) is 24.3 Å². The van der Waals surface area contributed by atoms with Gasteiger partial charge in [-0.15, -0.1) is 25.6 Å². The Hall–Kier alpha value is -1.71. The van der Waals surface area contributed by atoms with Crippen molar-refractivity contribution in [2.45, 2.75) is 19.2 Å². The summed E-state index contributed by atoms with van der Waals surface area (Å²) in [6.45, 7) is 1.63. The maximum absolute atomic E-state index is 12.1. The minimum absolute atomic E-state index is 0. The summed E-state index contributed by atoms with van der Waals surface area (Å²) >= 11 is 0. The van der Waals surface area contributed by atoms with Crippen molar-refractivity contribution < 1.29 is 17.9 Å². The smallest absolute Gasteiger partial charge is 0.406 e. The van der Waals surface area contributed by atoms with Gasteiger partial charge in [0, 0.05) is 0 Å². The number of benzene rings is 1. The number of hydrogen-bond donors (Lipinski definition) is 1. The molecule has 1 aliphatic rings. The quantitative estimate of drug-likeness (QED) is 0.846. The number of allylic oxidation sites excluding steroid dienone is 1. The molecular formula is C14H14ClF3N2O. The van der Waals surface area contributed by atoms with Gasteiger partial charge in [0.2, 0.25) is 0 Å². The minimum Gasteiger partial charge on any atom is -0.406 e. The minimum atomic E-state index is -4.70. The summed E-state index contributed by atoms with van der Waals surface area (Å²) < 4.78 is 40.0. The van der Waals surface area contributed by atoms with E-state index in [9.17, 15) is 18.4 Å². The average molecular weight is 319 g/mol. The Kier molecular flexibility index (Phi) is 6.06. The van der Waals surface area contributed by atoms with Gasteiger partial charge in [0.05, 0.1) is 11.6 Å². The van der Waals surface area contributed by atoms with Crippen LogP contribution in [0.2, 0.25) is 0 Å². The molecular weight excluding hydrogens is 305 g/mol. The van der Waals surface area contributed by atoms with Gasteiger partial charge in [-0.25, -0.2) is 0 Å². The van der Waals surface area contributed by atoms with E-state index in [0.717, 1.165) is 31.5 Å².